The number of rotatable bonds is 6. The number of aromatic carboxylic acids is 1. The van der Waals surface area contributed by atoms with Crippen LogP contribution in [0.25, 0.3) is 11.0 Å². The second kappa shape index (κ2) is 9.57. The smallest absolute Gasteiger partial charge is 0.338 e. The summed E-state index contributed by atoms with van der Waals surface area (Å²) < 4.78 is 17.0. The van der Waals surface area contributed by atoms with E-state index in [1.807, 2.05) is 0 Å². The number of carboxylic acid groups (broad SMARTS) is 1. The maximum Gasteiger partial charge on any atom is 0.338 e. The lowest BCUT2D eigenvalue weighted by atomic mass is 10.0. The molecule has 0 aliphatic carbocycles. The molecule has 2 aromatic heterocycles. The Morgan fingerprint density at radius 1 is 1.18 bits per heavy atom. The topological polar surface area (TPSA) is 127 Å². The van der Waals surface area contributed by atoms with Crippen LogP contribution in [0, 0.1) is 0 Å². The number of anilines is 1. The number of carboxylic acids is 1. The number of fused-ring (bicyclic) bond motifs is 2. The van der Waals surface area contributed by atoms with Crippen molar-refractivity contribution in [3.05, 3.63) is 62.3 Å². The fraction of sp³-hybridized carbons (Fsp3) is 0.375. The molecule has 9 nitrogen and oxygen atoms in total. The van der Waals surface area contributed by atoms with E-state index in [0.717, 1.165) is 30.4 Å². The molecule has 34 heavy (non-hydrogen) atoms. The molecule has 10 heteroatoms. The van der Waals surface area contributed by atoms with E-state index in [1.54, 1.807) is 24.3 Å². The van der Waals surface area contributed by atoms with Crippen LogP contribution in [0.5, 0.6) is 0 Å². The fourth-order valence-corrected chi connectivity index (χ4v) is 5.51. The van der Waals surface area contributed by atoms with Crippen molar-refractivity contribution in [2.24, 2.45) is 0 Å². The summed E-state index contributed by atoms with van der Waals surface area (Å²) in [7, 11) is 0. The van der Waals surface area contributed by atoms with Crippen LogP contribution in [0.15, 0.2) is 39.7 Å². The van der Waals surface area contributed by atoms with Crippen molar-refractivity contribution in [3.8, 4) is 0 Å². The monoisotopic (exact) mass is 484 g/mol. The molecule has 5 rings (SSSR count). The molecule has 1 amide bonds. The zero-order chi connectivity index (χ0) is 23.7. The van der Waals surface area contributed by atoms with Crippen molar-refractivity contribution < 1.29 is 28.6 Å². The van der Waals surface area contributed by atoms with Gasteiger partial charge in [0.2, 0.25) is 5.43 Å². The van der Waals surface area contributed by atoms with Crippen LogP contribution in [-0.4, -0.2) is 42.5 Å². The summed E-state index contributed by atoms with van der Waals surface area (Å²) >= 11 is 1.37. The van der Waals surface area contributed by atoms with Gasteiger partial charge < -0.3 is 29.6 Å². The van der Waals surface area contributed by atoms with Gasteiger partial charge in [-0.15, -0.1) is 11.3 Å². The minimum absolute atomic E-state index is 0.0871. The zero-order valence-electron chi connectivity index (χ0n) is 18.3. The summed E-state index contributed by atoms with van der Waals surface area (Å²) in [6.45, 7) is 1.05. The van der Waals surface area contributed by atoms with Crippen LogP contribution in [-0.2, 0) is 22.5 Å². The molecule has 1 saturated heterocycles. The normalized spacial score (nSPS) is 20.0. The van der Waals surface area contributed by atoms with Crippen LogP contribution >= 0.6 is 11.3 Å². The quantitative estimate of drug-likeness (QED) is 0.486. The van der Waals surface area contributed by atoms with Gasteiger partial charge >= 0.3 is 5.97 Å². The lowest BCUT2D eigenvalue weighted by Gasteiger charge is -2.24. The van der Waals surface area contributed by atoms with Crippen molar-refractivity contribution in [3.63, 3.8) is 0 Å². The highest BCUT2D eigenvalue weighted by Crippen LogP contribution is 2.38. The highest BCUT2D eigenvalue weighted by molar-refractivity contribution is 7.16. The van der Waals surface area contributed by atoms with Gasteiger partial charge in [0.1, 0.15) is 28.6 Å². The van der Waals surface area contributed by atoms with E-state index in [1.165, 1.54) is 11.3 Å². The highest BCUT2D eigenvalue weighted by Gasteiger charge is 2.31. The third-order valence-electron chi connectivity index (χ3n) is 6.07. The van der Waals surface area contributed by atoms with Gasteiger partial charge in [0.15, 0.2) is 0 Å². The van der Waals surface area contributed by atoms with E-state index < -0.39 is 23.4 Å². The SMILES string of the molecule is O=C(O)c1c(NC2CCCCO2)sc2c1CC(CNC(=O)c1coc3ccccc3c1=O)OC2. The van der Waals surface area contributed by atoms with Crippen molar-refractivity contribution in [1.82, 2.24) is 5.32 Å². The van der Waals surface area contributed by atoms with Crippen LogP contribution in [0.4, 0.5) is 5.00 Å². The zero-order valence-corrected chi connectivity index (χ0v) is 19.1. The number of para-hydroxylation sites is 1. The standard InChI is InChI=1S/C24H24N2O7S/c27-21-14-5-1-2-6-17(14)33-11-16(21)22(28)25-10-13-9-15-18(12-32-13)34-23(20(15)24(29)30)26-19-7-3-4-8-31-19/h1-2,5-6,11,13,19,26H,3-4,7-10,12H2,(H,25,28)(H,29,30). The molecule has 2 unspecified atom stereocenters. The van der Waals surface area contributed by atoms with Gasteiger partial charge in [0.25, 0.3) is 5.91 Å². The van der Waals surface area contributed by atoms with Crippen molar-refractivity contribution >= 4 is 39.2 Å². The van der Waals surface area contributed by atoms with Crippen LogP contribution < -0.4 is 16.1 Å². The van der Waals surface area contributed by atoms with Crippen LogP contribution in [0.2, 0.25) is 0 Å². The van der Waals surface area contributed by atoms with Crippen molar-refractivity contribution in [2.45, 2.75) is 44.6 Å². The van der Waals surface area contributed by atoms with E-state index >= 15 is 0 Å². The largest absolute Gasteiger partial charge is 0.478 e. The van der Waals surface area contributed by atoms with E-state index in [9.17, 15) is 19.5 Å². The molecule has 4 heterocycles. The summed E-state index contributed by atoms with van der Waals surface area (Å²) in [6.07, 6.45) is 3.75. The maximum atomic E-state index is 12.7. The first kappa shape index (κ1) is 22.6. The minimum Gasteiger partial charge on any atom is -0.478 e. The minimum atomic E-state index is -1.01. The van der Waals surface area contributed by atoms with Crippen LogP contribution in [0.3, 0.4) is 0 Å². The van der Waals surface area contributed by atoms with Gasteiger partial charge in [0, 0.05) is 24.4 Å². The second-order valence-electron chi connectivity index (χ2n) is 8.33. The first-order valence-electron chi connectivity index (χ1n) is 11.2. The Morgan fingerprint density at radius 3 is 2.82 bits per heavy atom. The molecule has 1 aromatic carbocycles. The molecule has 0 spiro atoms. The average molecular weight is 485 g/mol. The Balaban J connectivity index is 1.28. The number of hydrogen-bond donors (Lipinski definition) is 3. The first-order chi connectivity index (χ1) is 16.5. The number of thiophene rings is 1. The lowest BCUT2D eigenvalue weighted by Crippen LogP contribution is -2.38. The number of nitrogens with one attached hydrogen (secondary N) is 2. The number of ether oxygens (including phenoxy) is 2. The van der Waals surface area contributed by atoms with E-state index in [0.29, 0.717) is 34.6 Å². The number of hydrogen-bond acceptors (Lipinski definition) is 8. The molecule has 0 radical (unpaired) electrons. The van der Waals surface area contributed by atoms with Gasteiger partial charge in [-0.25, -0.2) is 4.79 Å². The maximum absolute atomic E-state index is 12.7. The Hall–Kier alpha value is -3.21. The Bertz CT molecular complexity index is 1290. The van der Waals surface area contributed by atoms with Crippen LogP contribution in [0.1, 0.15) is 50.4 Å². The molecule has 178 valence electrons. The number of amides is 1. The molecule has 2 atom stereocenters. The first-order valence-corrected chi connectivity index (χ1v) is 12.0. The molecule has 0 bridgehead atoms. The van der Waals surface area contributed by atoms with E-state index in [-0.39, 0.29) is 30.5 Å². The number of carbonyl (C=O) groups is 2. The summed E-state index contributed by atoms with van der Waals surface area (Å²) in [5.74, 6) is -1.57. The molecular formula is C24H24N2O7S. The van der Waals surface area contributed by atoms with Gasteiger partial charge in [-0.05, 0) is 37.0 Å². The predicted octanol–water partition coefficient (Wildman–Crippen LogP) is 3.36. The van der Waals surface area contributed by atoms with E-state index in [2.05, 4.69) is 10.6 Å². The lowest BCUT2D eigenvalue weighted by molar-refractivity contribution is 0.0299. The molecular weight excluding hydrogens is 460 g/mol. The summed E-state index contributed by atoms with van der Waals surface area (Å²) in [4.78, 5) is 38.2. The molecule has 3 aromatic rings. The number of carbonyl (C=O) groups excluding carboxylic acids is 1. The van der Waals surface area contributed by atoms with Gasteiger partial charge in [0.05, 0.1) is 23.7 Å². The number of benzene rings is 1. The third kappa shape index (κ3) is 4.44. The van der Waals surface area contributed by atoms with Gasteiger partial charge in [-0.2, -0.15) is 0 Å². The fourth-order valence-electron chi connectivity index (χ4n) is 4.32. The van der Waals surface area contributed by atoms with Gasteiger partial charge in [-0.3, -0.25) is 9.59 Å². The highest BCUT2D eigenvalue weighted by atomic mass is 32.1. The molecule has 2 aliphatic rings. The predicted molar refractivity (Wildman–Crippen MR) is 126 cm³/mol. The average Bonchev–Trinajstić information content (AvgIpc) is 3.21. The molecule has 1 fully saturated rings. The summed E-state index contributed by atoms with van der Waals surface area (Å²) in [5, 5.41) is 16.8. The molecule has 3 N–H and O–H groups in total. The summed E-state index contributed by atoms with van der Waals surface area (Å²) in [6, 6.07) is 6.73. The molecule has 0 saturated carbocycles. The molecule has 2 aliphatic heterocycles. The van der Waals surface area contributed by atoms with E-state index in [4.69, 9.17) is 13.9 Å². The van der Waals surface area contributed by atoms with Gasteiger partial charge in [-0.1, -0.05) is 12.1 Å². The Kier molecular flexibility index (Phi) is 6.36. The van der Waals surface area contributed by atoms with Crippen molar-refractivity contribution in [1.29, 1.82) is 0 Å². The Morgan fingerprint density at radius 2 is 2.03 bits per heavy atom. The third-order valence-corrected chi connectivity index (χ3v) is 7.21. The Labute approximate surface area is 198 Å². The van der Waals surface area contributed by atoms with Crippen molar-refractivity contribution in [2.75, 3.05) is 18.5 Å². The summed E-state index contributed by atoms with van der Waals surface area (Å²) in [5.41, 5.74) is 0.873. The second-order valence-corrected chi connectivity index (χ2v) is 9.44.